The van der Waals surface area contributed by atoms with Crippen LogP contribution in [0.2, 0.25) is 5.02 Å². The van der Waals surface area contributed by atoms with Gasteiger partial charge in [-0.1, -0.05) is 35.9 Å². The van der Waals surface area contributed by atoms with Crippen LogP contribution < -0.4 is 10.2 Å². The minimum absolute atomic E-state index is 0.0920. The molecule has 0 spiro atoms. The zero-order valence-corrected chi connectivity index (χ0v) is 16.2. The van der Waals surface area contributed by atoms with Gasteiger partial charge in [0.1, 0.15) is 0 Å². The molecule has 4 rings (SSSR count). The fourth-order valence-corrected chi connectivity index (χ4v) is 4.43. The largest absolute Gasteiger partial charge is 0.323 e. The molecule has 0 bridgehead atoms. The third-order valence-corrected chi connectivity index (χ3v) is 6.09. The van der Waals surface area contributed by atoms with E-state index in [1.807, 2.05) is 48.7 Å². The summed E-state index contributed by atoms with van der Waals surface area (Å²) in [7, 11) is 0. The van der Waals surface area contributed by atoms with E-state index in [0.717, 1.165) is 16.1 Å². The van der Waals surface area contributed by atoms with Crippen molar-refractivity contribution in [2.75, 3.05) is 10.2 Å². The van der Waals surface area contributed by atoms with Gasteiger partial charge in [-0.2, -0.15) is 0 Å². The lowest BCUT2D eigenvalue weighted by Crippen LogP contribution is -2.67. The van der Waals surface area contributed by atoms with Gasteiger partial charge in [0, 0.05) is 21.3 Å². The summed E-state index contributed by atoms with van der Waals surface area (Å²) in [5.74, 6) is -0.306. The number of nitrogens with one attached hydrogen (secondary N) is 1. The number of nitrogens with zero attached hydrogens (tertiary/aromatic N) is 1. The minimum Gasteiger partial charge on any atom is -0.323 e. The third kappa shape index (κ3) is 2.93. The van der Waals surface area contributed by atoms with E-state index in [9.17, 15) is 9.59 Å². The first-order chi connectivity index (χ1) is 13.0. The highest BCUT2D eigenvalue weighted by Crippen LogP contribution is 2.47. The first kappa shape index (κ1) is 17.8. The Morgan fingerprint density at radius 1 is 1.11 bits per heavy atom. The molecule has 1 saturated heterocycles. The average Bonchev–Trinajstić information content (AvgIpc) is 3.17. The Morgan fingerprint density at radius 2 is 1.85 bits per heavy atom. The molecule has 4 nitrogen and oxygen atoms in total. The van der Waals surface area contributed by atoms with Gasteiger partial charge >= 0.3 is 0 Å². The number of para-hydroxylation sites is 1. The van der Waals surface area contributed by atoms with Crippen molar-refractivity contribution in [2.24, 2.45) is 0 Å². The van der Waals surface area contributed by atoms with Crippen LogP contribution in [0, 0.1) is 6.92 Å². The third-order valence-electron chi connectivity index (χ3n) is 4.82. The van der Waals surface area contributed by atoms with E-state index >= 15 is 0 Å². The second-order valence-electron chi connectivity index (χ2n) is 6.49. The van der Waals surface area contributed by atoms with E-state index < -0.39 is 5.54 Å². The molecule has 0 unspecified atom stereocenters. The number of carbonyl (C=O) groups excluding carboxylic acids is 2. The number of hydrogen-bond donors (Lipinski definition) is 1. The van der Waals surface area contributed by atoms with Gasteiger partial charge in [-0.05, 0) is 54.3 Å². The van der Waals surface area contributed by atoms with Crippen molar-refractivity contribution in [3.63, 3.8) is 0 Å². The Balaban J connectivity index is 1.77. The summed E-state index contributed by atoms with van der Waals surface area (Å²) in [5, 5.41) is 5.52. The van der Waals surface area contributed by atoms with Gasteiger partial charge in [-0.15, -0.1) is 11.3 Å². The van der Waals surface area contributed by atoms with Crippen molar-refractivity contribution in [3.05, 3.63) is 81.5 Å². The molecule has 0 saturated carbocycles. The number of anilines is 2. The van der Waals surface area contributed by atoms with Crippen molar-refractivity contribution in [2.45, 2.75) is 18.9 Å². The standard InChI is InChI=1S/C21H17ClN2O2S/c1-14-5-2-3-6-17(14)23-20(26)21(18-7-4-12-27-18)13-19(25)24(21)16-10-8-15(22)9-11-16/h2-12H,13H2,1H3,(H,23,26)/t21-/m0/s1. The molecule has 136 valence electrons. The monoisotopic (exact) mass is 396 g/mol. The summed E-state index contributed by atoms with van der Waals surface area (Å²) < 4.78 is 0. The number of amides is 2. The predicted molar refractivity (Wildman–Crippen MR) is 109 cm³/mol. The van der Waals surface area contributed by atoms with Crippen molar-refractivity contribution in [1.29, 1.82) is 0 Å². The molecule has 1 aromatic heterocycles. The molecule has 1 N–H and O–H groups in total. The zero-order chi connectivity index (χ0) is 19.0. The Bertz CT molecular complexity index is 1000. The van der Waals surface area contributed by atoms with Gasteiger partial charge in [0.2, 0.25) is 5.91 Å². The lowest BCUT2D eigenvalue weighted by atomic mass is 9.80. The van der Waals surface area contributed by atoms with Crippen LogP contribution in [0.15, 0.2) is 66.0 Å². The Hall–Kier alpha value is -2.63. The molecule has 6 heteroatoms. The number of halogens is 1. The number of hydrogen-bond acceptors (Lipinski definition) is 3. The van der Waals surface area contributed by atoms with Gasteiger partial charge in [-0.3, -0.25) is 14.5 Å². The molecule has 1 aliphatic rings. The maximum atomic E-state index is 13.4. The van der Waals surface area contributed by atoms with Crippen LogP contribution >= 0.6 is 22.9 Å². The minimum atomic E-state index is -1.05. The molecule has 27 heavy (non-hydrogen) atoms. The molecule has 3 aromatic rings. The lowest BCUT2D eigenvalue weighted by Gasteiger charge is -2.50. The molecule has 0 radical (unpaired) electrons. The van der Waals surface area contributed by atoms with Crippen molar-refractivity contribution < 1.29 is 9.59 Å². The summed E-state index contributed by atoms with van der Waals surface area (Å²) >= 11 is 7.46. The smallest absolute Gasteiger partial charge is 0.256 e. The molecule has 2 amide bonds. The Kier molecular flexibility index (Phi) is 4.50. The lowest BCUT2D eigenvalue weighted by molar-refractivity contribution is -0.137. The van der Waals surface area contributed by atoms with Crippen molar-refractivity contribution in [1.82, 2.24) is 0 Å². The first-order valence-corrected chi connectivity index (χ1v) is 9.78. The maximum Gasteiger partial charge on any atom is 0.256 e. The van der Waals surface area contributed by atoms with Crippen molar-refractivity contribution >= 4 is 46.1 Å². The molecular weight excluding hydrogens is 380 g/mol. The second kappa shape index (κ2) is 6.83. The highest BCUT2D eigenvalue weighted by molar-refractivity contribution is 7.10. The van der Waals surface area contributed by atoms with Gasteiger partial charge in [0.25, 0.3) is 5.91 Å². The number of benzene rings is 2. The molecule has 2 aromatic carbocycles. The summed E-state index contributed by atoms with van der Waals surface area (Å²) in [6.45, 7) is 1.94. The molecular formula is C21H17ClN2O2S. The van der Waals surface area contributed by atoms with Crippen LogP contribution in [-0.2, 0) is 15.1 Å². The summed E-state index contributed by atoms with van der Waals surface area (Å²) in [4.78, 5) is 28.4. The van der Waals surface area contributed by atoms with Crippen LogP contribution in [-0.4, -0.2) is 11.8 Å². The highest BCUT2D eigenvalue weighted by atomic mass is 35.5. The van der Waals surface area contributed by atoms with Gasteiger partial charge in [0.15, 0.2) is 5.54 Å². The number of carbonyl (C=O) groups is 2. The van der Waals surface area contributed by atoms with Crippen LogP contribution in [0.1, 0.15) is 16.9 Å². The van der Waals surface area contributed by atoms with Crippen LogP contribution in [0.4, 0.5) is 11.4 Å². The molecule has 1 fully saturated rings. The van der Waals surface area contributed by atoms with Crippen LogP contribution in [0.25, 0.3) is 0 Å². The van der Waals surface area contributed by atoms with Gasteiger partial charge in [-0.25, -0.2) is 0 Å². The predicted octanol–water partition coefficient (Wildman–Crippen LogP) is 4.98. The summed E-state index contributed by atoms with van der Waals surface area (Å²) in [5.41, 5.74) is 1.31. The van der Waals surface area contributed by atoms with Crippen LogP contribution in [0.3, 0.4) is 0 Å². The SMILES string of the molecule is Cc1ccccc1NC(=O)[C@@]1(c2cccs2)CC(=O)N1c1ccc(Cl)cc1. The van der Waals surface area contributed by atoms with E-state index in [4.69, 9.17) is 11.6 Å². The van der Waals surface area contributed by atoms with Crippen molar-refractivity contribution in [3.8, 4) is 0 Å². The average molecular weight is 397 g/mol. The number of rotatable bonds is 4. The maximum absolute atomic E-state index is 13.4. The van der Waals surface area contributed by atoms with E-state index in [2.05, 4.69) is 5.32 Å². The first-order valence-electron chi connectivity index (χ1n) is 8.52. The second-order valence-corrected chi connectivity index (χ2v) is 7.87. The molecule has 1 atom stereocenters. The van der Waals surface area contributed by atoms with E-state index in [-0.39, 0.29) is 18.2 Å². The number of aryl methyl sites for hydroxylation is 1. The van der Waals surface area contributed by atoms with E-state index in [1.165, 1.54) is 11.3 Å². The van der Waals surface area contributed by atoms with Crippen LogP contribution in [0.5, 0.6) is 0 Å². The summed E-state index contributed by atoms with van der Waals surface area (Å²) in [6, 6.07) is 18.4. The van der Waals surface area contributed by atoms with E-state index in [0.29, 0.717) is 10.7 Å². The Morgan fingerprint density at radius 3 is 2.48 bits per heavy atom. The quantitative estimate of drug-likeness (QED) is 0.632. The zero-order valence-electron chi connectivity index (χ0n) is 14.6. The topological polar surface area (TPSA) is 49.4 Å². The molecule has 0 aliphatic carbocycles. The normalized spacial score (nSPS) is 18.9. The number of thiophene rings is 1. The van der Waals surface area contributed by atoms with Gasteiger partial charge in [0.05, 0.1) is 6.42 Å². The highest BCUT2D eigenvalue weighted by Gasteiger charge is 2.59. The number of β-lactam (4-membered cyclic amide) rings is 1. The van der Waals surface area contributed by atoms with Gasteiger partial charge < -0.3 is 5.32 Å². The fraction of sp³-hybridized carbons (Fsp3) is 0.143. The fourth-order valence-electron chi connectivity index (χ4n) is 3.40. The molecule has 2 heterocycles. The van der Waals surface area contributed by atoms with E-state index in [1.54, 1.807) is 29.2 Å². The summed E-state index contributed by atoms with van der Waals surface area (Å²) in [6.07, 6.45) is 0.133. The molecule has 1 aliphatic heterocycles. The Labute approximate surface area is 166 Å².